The Hall–Kier alpha value is -7.67. The maximum atomic E-state index is 12.0. The predicted molar refractivity (Wildman–Crippen MR) is 207 cm³/mol. The summed E-state index contributed by atoms with van der Waals surface area (Å²) in [6.07, 6.45) is 7.61. The van der Waals surface area contributed by atoms with Crippen LogP contribution in [-0.4, -0.2) is 33.5 Å². The summed E-state index contributed by atoms with van der Waals surface area (Å²) >= 11 is 0. The molecular weight excluding hydrogens is 688 g/mol. The van der Waals surface area contributed by atoms with Crippen molar-refractivity contribution in [3.63, 3.8) is 0 Å². The van der Waals surface area contributed by atoms with E-state index in [1.54, 1.807) is 18.5 Å². The van der Waals surface area contributed by atoms with Gasteiger partial charge < -0.3 is 25.2 Å². The number of nitrogens with one attached hydrogen (secondary N) is 2. The van der Waals surface area contributed by atoms with Crippen molar-refractivity contribution in [2.45, 2.75) is 13.8 Å². The second kappa shape index (κ2) is 20.2. The molecule has 13 heteroatoms. The molecule has 2 heterocycles. The van der Waals surface area contributed by atoms with E-state index in [4.69, 9.17) is 14.6 Å². The first-order valence-corrected chi connectivity index (χ1v) is 16.2. The summed E-state index contributed by atoms with van der Waals surface area (Å²) in [5.74, 6) is 1.45. The number of urea groups is 1. The van der Waals surface area contributed by atoms with E-state index in [-0.39, 0.29) is 11.7 Å². The van der Waals surface area contributed by atoms with Gasteiger partial charge in [0, 0.05) is 51.4 Å². The van der Waals surface area contributed by atoms with Crippen LogP contribution in [0, 0.1) is 24.0 Å². The van der Waals surface area contributed by atoms with Crippen LogP contribution in [0.3, 0.4) is 0 Å². The Labute approximate surface area is 310 Å². The van der Waals surface area contributed by atoms with Gasteiger partial charge >= 0.3 is 6.03 Å². The third-order valence-corrected chi connectivity index (χ3v) is 7.18. The molecule has 2 amide bonds. The minimum absolute atomic E-state index is 0.00407. The molecule has 0 fully saturated rings. The van der Waals surface area contributed by atoms with Gasteiger partial charge in [0.15, 0.2) is 24.3 Å². The molecule has 13 nitrogen and oxygen atoms in total. The minimum Gasteiger partial charge on any atom is -0.444 e. The molecule has 0 spiro atoms. The van der Waals surface area contributed by atoms with E-state index < -0.39 is 4.92 Å². The van der Waals surface area contributed by atoms with Crippen molar-refractivity contribution in [3.05, 3.63) is 179 Å². The van der Waals surface area contributed by atoms with E-state index >= 15 is 0 Å². The van der Waals surface area contributed by atoms with Gasteiger partial charge in [-0.05, 0) is 98.3 Å². The summed E-state index contributed by atoms with van der Waals surface area (Å²) in [6, 6.07) is 35.1. The van der Waals surface area contributed by atoms with Crippen molar-refractivity contribution in [1.29, 1.82) is 0 Å². The number of benzene rings is 5. The lowest BCUT2D eigenvalue weighted by Gasteiger charge is -2.08. The maximum Gasteiger partial charge on any atom is 0.323 e. The Balaban J connectivity index is 0.000000173. The van der Waals surface area contributed by atoms with Crippen LogP contribution < -0.4 is 16.4 Å². The van der Waals surface area contributed by atoms with Crippen molar-refractivity contribution in [2.24, 2.45) is 0 Å². The van der Waals surface area contributed by atoms with Gasteiger partial charge in [-0.25, -0.2) is 14.8 Å². The zero-order chi connectivity index (χ0) is 38.7. The molecule has 0 aliphatic rings. The normalized spacial score (nSPS) is 9.74. The number of hydrogen-bond donors (Lipinski definition) is 3. The number of nitro benzene ring substituents is 1. The van der Waals surface area contributed by atoms with Gasteiger partial charge in [-0.3, -0.25) is 19.7 Å². The lowest BCUT2D eigenvalue weighted by molar-refractivity contribution is -0.384. The van der Waals surface area contributed by atoms with Crippen molar-refractivity contribution >= 4 is 41.4 Å². The van der Waals surface area contributed by atoms with E-state index in [2.05, 4.69) is 20.6 Å². The Kier molecular flexibility index (Phi) is 14.7. The Morgan fingerprint density at radius 1 is 0.667 bits per heavy atom. The molecule has 0 radical (unpaired) electrons. The van der Waals surface area contributed by atoms with E-state index in [0.717, 1.165) is 51.2 Å². The quantitative estimate of drug-likeness (QED) is 0.0616. The van der Waals surface area contributed by atoms with Crippen LogP contribution in [0.25, 0.3) is 22.6 Å². The summed E-state index contributed by atoms with van der Waals surface area (Å²) in [5.41, 5.74) is 13.0. The minimum atomic E-state index is -0.505. The molecule has 0 saturated heterocycles. The first kappa shape index (κ1) is 39.1. The number of oxazole rings is 2. The average Bonchev–Trinajstić information content (AvgIpc) is 3.93. The summed E-state index contributed by atoms with van der Waals surface area (Å²) < 4.78 is 10.3. The summed E-state index contributed by atoms with van der Waals surface area (Å²) in [6.45, 7) is 3.94. The summed E-state index contributed by atoms with van der Waals surface area (Å²) in [4.78, 5) is 49.5. The fourth-order valence-corrected chi connectivity index (χ4v) is 4.52. The van der Waals surface area contributed by atoms with Gasteiger partial charge in [0.25, 0.3) is 5.69 Å². The van der Waals surface area contributed by atoms with E-state index in [1.807, 2.05) is 105 Å². The summed E-state index contributed by atoms with van der Waals surface area (Å²) in [7, 11) is 0. The molecule has 0 unspecified atom stereocenters. The van der Waals surface area contributed by atoms with Gasteiger partial charge in [0.2, 0.25) is 0 Å². The second-order valence-corrected chi connectivity index (χ2v) is 11.4. The fourth-order valence-electron chi connectivity index (χ4n) is 4.52. The molecule has 0 aliphatic heterocycles. The number of anilines is 3. The number of non-ortho nitro benzene ring substituents is 1. The predicted octanol–water partition coefficient (Wildman–Crippen LogP) is 9.43. The number of amides is 2. The number of aromatic nitrogens is 2. The molecule has 54 heavy (non-hydrogen) atoms. The van der Waals surface area contributed by atoms with Crippen LogP contribution in [0.1, 0.15) is 31.8 Å². The van der Waals surface area contributed by atoms with Crippen molar-refractivity contribution in [3.8, 4) is 22.6 Å². The van der Waals surface area contributed by atoms with Crippen LogP contribution in [-0.2, 0) is 0 Å². The molecule has 7 aromatic rings. The van der Waals surface area contributed by atoms with E-state index in [1.165, 1.54) is 37.1 Å². The average molecular weight is 725 g/mol. The highest BCUT2D eigenvalue weighted by Gasteiger charge is 2.05. The van der Waals surface area contributed by atoms with Crippen molar-refractivity contribution < 1.29 is 28.1 Å². The molecule has 0 bridgehead atoms. The molecule has 2 aromatic heterocycles. The molecule has 0 saturated carbocycles. The highest BCUT2D eigenvalue weighted by molar-refractivity contribution is 5.99. The van der Waals surface area contributed by atoms with Gasteiger partial charge in [0.1, 0.15) is 12.6 Å². The van der Waals surface area contributed by atoms with Gasteiger partial charge in [-0.15, -0.1) is 0 Å². The highest BCUT2D eigenvalue weighted by atomic mass is 16.6. The third kappa shape index (κ3) is 12.9. The Morgan fingerprint density at radius 2 is 1.19 bits per heavy atom. The van der Waals surface area contributed by atoms with Crippen LogP contribution in [0.2, 0.25) is 0 Å². The van der Waals surface area contributed by atoms with E-state index in [0.29, 0.717) is 23.3 Å². The smallest absolute Gasteiger partial charge is 0.323 e. The van der Waals surface area contributed by atoms with Crippen LogP contribution in [0.4, 0.5) is 27.5 Å². The lowest BCUT2D eigenvalue weighted by atomic mass is 10.2. The third-order valence-electron chi connectivity index (χ3n) is 7.18. The number of nitro groups is 1. The second-order valence-electron chi connectivity index (χ2n) is 11.4. The molecule has 0 atom stereocenters. The van der Waals surface area contributed by atoms with Gasteiger partial charge in [0.05, 0.1) is 17.3 Å². The SMILES string of the molecule is Cc1cccc(C=O)c1.Cc1cccc(NC(=O)Nc2ccc(-c3cnco3)cc2)c1.Nc1ccc(-c2cnco2)cc1.O=Cc1ccc([N+](=O)[O-])cc1. The van der Waals surface area contributed by atoms with Gasteiger partial charge in [-0.1, -0.05) is 35.9 Å². The number of hydrogen-bond acceptors (Lipinski definition) is 10. The van der Waals surface area contributed by atoms with Crippen LogP contribution in [0.15, 0.2) is 155 Å². The molecule has 0 aliphatic carbocycles. The molecule has 7 rings (SSSR count). The molecule has 5 aromatic carbocycles. The zero-order valence-electron chi connectivity index (χ0n) is 29.3. The number of carbonyl (C=O) groups excluding carboxylic acids is 3. The van der Waals surface area contributed by atoms with Gasteiger partial charge in [-0.2, -0.15) is 0 Å². The highest BCUT2D eigenvalue weighted by Crippen LogP contribution is 2.21. The number of aryl methyl sites for hydroxylation is 2. The van der Waals surface area contributed by atoms with E-state index in [9.17, 15) is 24.5 Å². The Morgan fingerprint density at radius 3 is 1.65 bits per heavy atom. The monoisotopic (exact) mass is 724 g/mol. The standard InChI is InChI=1S/C17H15N3O2.C9H8N2O.C8H8O.C7H5NO3/c1-12-3-2-4-15(9-12)20-17(21)19-14-7-5-13(6-8-14)16-10-18-11-22-16;10-8-3-1-7(2-4-8)9-5-11-6-12-9;1-7-3-2-4-8(5-7)6-9;9-5-6-1-3-7(4-2-6)8(10)11/h2-11H,1H3,(H2,19,20,21);1-6H,10H2;2-6H,1H3;1-5H. The zero-order valence-corrected chi connectivity index (χ0v) is 29.3. The molecule has 272 valence electrons. The number of nitrogens with zero attached hydrogens (tertiary/aromatic N) is 3. The number of nitrogen functional groups attached to an aromatic ring is 1. The Bertz CT molecular complexity index is 2220. The molecular formula is C41H36N6O7. The van der Waals surface area contributed by atoms with Crippen molar-refractivity contribution in [2.75, 3.05) is 16.4 Å². The summed E-state index contributed by atoms with van der Waals surface area (Å²) in [5, 5.41) is 15.7. The number of aldehydes is 2. The number of rotatable bonds is 7. The maximum absolute atomic E-state index is 12.0. The largest absolute Gasteiger partial charge is 0.444 e. The lowest BCUT2D eigenvalue weighted by Crippen LogP contribution is -2.19. The van der Waals surface area contributed by atoms with Crippen molar-refractivity contribution in [1.82, 2.24) is 9.97 Å². The first-order valence-electron chi connectivity index (χ1n) is 16.2. The molecule has 4 N–H and O–H groups in total. The topological polar surface area (TPSA) is 196 Å². The van der Waals surface area contributed by atoms with Crippen LogP contribution in [0.5, 0.6) is 0 Å². The first-order chi connectivity index (χ1) is 26.1. The number of nitrogens with two attached hydrogens (primary N) is 1. The number of carbonyl (C=O) groups is 3. The fraction of sp³-hybridized carbons (Fsp3) is 0.0488. The van der Waals surface area contributed by atoms with Crippen LogP contribution >= 0.6 is 0 Å².